The monoisotopic (exact) mass is 451 g/mol. The number of ether oxygens (including phenoxy) is 1. The number of thioether (sulfide) groups is 1. The molecule has 152 valence electrons. The average Bonchev–Trinajstić information content (AvgIpc) is 3.23. The van der Waals surface area contributed by atoms with Crippen molar-refractivity contribution in [2.45, 2.75) is 15.9 Å². The van der Waals surface area contributed by atoms with Crippen molar-refractivity contribution in [1.82, 2.24) is 14.5 Å². The largest absolute Gasteiger partial charge is 0.411 e. The van der Waals surface area contributed by atoms with Gasteiger partial charge in [-0.1, -0.05) is 35.5 Å². The molecular weight excluding hydrogens is 434 g/mol. The lowest BCUT2D eigenvalue weighted by molar-refractivity contribution is 0.0730. The van der Waals surface area contributed by atoms with Crippen LogP contribution < -0.4 is 0 Å². The second-order valence-electron chi connectivity index (χ2n) is 6.33. The highest BCUT2D eigenvalue weighted by atomic mass is 35.5. The van der Waals surface area contributed by atoms with Gasteiger partial charge in [-0.2, -0.15) is 4.31 Å². The third-order valence-electron chi connectivity index (χ3n) is 4.37. The Balaban J connectivity index is 1.44. The highest BCUT2D eigenvalue weighted by Gasteiger charge is 2.26. The first-order valence-corrected chi connectivity index (χ1v) is 11.7. The zero-order valence-electron chi connectivity index (χ0n) is 15.3. The molecule has 7 nitrogen and oxygen atoms in total. The lowest BCUT2D eigenvalue weighted by Gasteiger charge is -2.26. The molecule has 0 unspecified atom stereocenters. The first-order valence-electron chi connectivity index (χ1n) is 8.91. The van der Waals surface area contributed by atoms with E-state index in [9.17, 15) is 8.42 Å². The first kappa shape index (κ1) is 20.4. The van der Waals surface area contributed by atoms with Crippen LogP contribution in [0.25, 0.3) is 11.5 Å². The van der Waals surface area contributed by atoms with Gasteiger partial charge in [-0.05, 0) is 42.0 Å². The minimum atomic E-state index is -3.52. The van der Waals surface area contributed by atoms with Gasteiger partial charge in [0, 0.05) is 29.4 Å². The Morgan fingerprint density at radius 1 is 1.07 bits per heavy atom. The van der Waals surface area contributed by atoms with E-state index in [2.05, 4.69) is 10.2 Å². The molecular formula is C19H18ClN3O4S2. The molecule has 0 N–H and O–H groups in total. The molecule has 1 aliphatic rings. The van der Waals surface area contributed by atoms with Crippen molar-refractivity contribution < 1.29 is 17.6 Å². The molecule has 0 atom stereocenters. The molecule has 3 aromatic rings. The number of sulfonamides is 1. The van der Waals surface area contributed by atoms with E-state index in [0.717, 1.165) is 11.1 Å². The number of hydrogen-bond donors (Lipinski definition) is 0. The van der Waals surface area contributed by atoms with Crippen molar-refractivity contribution in [1.29, 1.82) is 0 Å². The van der Waals surface area contributed by atoms with Crippen LogP contribution in [0, 0.1) is 0 Å². The predicted molar refractivity (Wildman–Crippen MR) is 110 cm³/mol. The van der Waals surface area contributed by atoms with Gasteiger partial charge in [0.2, 0.25) is 15.9 Å². The number of hydrogen-bond acceptors (Lipinski definition) is 7. The normalized spacial score (nSPS) is 15.5. The van der Waals surface area contributed by atoms with Gasteiger partial charge in [-0.15, -0.1) is 10.2 Å². The molecule has 0 saturated carbocycles. The minimum Gasteiger partial charge on any atom is -0.411 e. The third-order valence-corrected chi connectivity index (χ3v) is 7.40. The molecule has 1 fully saturated rings. The minimum absolute atomic E-state index is 0.282. The fourth-order valence-electron chi connectivity index (χ4n) is 2.85. The Labute approximate surface area is 178 Å². The van der Waals surface area contributed by atoms with Crippen LogP contribution in [0.5, 0.6) is 0 Å². The molecule has 4 rings (SSSR count). The summed E-state index contributed by atoms with van der Waals surface area (Å²) < 4.78 is 38.0. The Kier molecular flexibility index (Phi) is 6.21. The summed E-state index contributed by atoms with van der Waals surface area (Å²) in [5, 5.41) is 9.15. The van der Waals surface area contributed by atoms with Crippen molar-refractivity contribution in [2.75, 3.05) is 26.3 Å². The number of morpholine rings is 1. The number of aromatic nitrogens is 2. The van der Waals surface area contributed by atoms with Gasteiger partial charge in [-0.3, -0.25) is 0 Å². The molecule has 1 saturated heterocycles. The summed E-state index contributed by atoms with van der Waals surface area (Å²) in [7, 11) is -3.52. The van der Waals surface area contributed by atoms with Crippen LogP contribution in [0.4, 0.5) is 0 Å². The summed E-state index contributed by atoms with van der Waals surface area (Å²) in [5.74, 6) is 0.919. The highest BCUT2D eigenvalue weighted by Crippen LogP contribution is 2.27. The van der Waals surface area contributed by atoms with E-state index in [-0.39, 0.29) is 4.90 Å². The van der Waals surface area contributed by atoms with Gasteiger partial charge in [0.25, 0.3) is 5.22 Å². The summed E-state index contributed by atoms with van der Waals surface area (Å²) in [5.41, 5.74) is 1.64. The summed E-state index contributed by atoms with van der Waals surface area (Å²) in [6.07, 6.45) is 0. The first-order chi connectivity index (χ1) is 14.0. The van der Waals surface area contributed by atoms with Crippen LogP contribution in [-0.2, 0) is 20.5 Å². The van der Waals surface area contributed by atoms with Crippen molar-refractivity contribution in [3.8, 4) is 11.5 Å². The van der Waals surface area contributed by atoms with Crippen LogP contribution in [0.3, 0.4) is 0 Å². The zero-order valence-corrected chi connectivity index (χ0v) is 17.7. The topological polar surface area (TPSA) is 85.5 Å². The maximum Gasteiger partial charge on any atom is 0.277 e. The second-order valence-corrected chi connectivity index (χ2v) is 9.63. The van der Waals surface area contributed by atoms with Crippen molar-refractivity contribution in [3.63, 3.8) is 0 Å². The molecule has 1 aromatic heterocycles. The van der Waals surface area contributed by atoms with E-state index in [1.165, 1.54) is 16.1 Å². The Bertz CT molecular complexity index is 1080. The standard InChI is InChI=1S/C19H18ClN3O4S2/c20-16-6-4-15(5-7-16)18-21-22-19(27-18)28-13-14-2-1-3-17(12-14)29(24,25)23-8-10-26-11-9-23/h1-7,12H,8-11,13H2. The highest BCUT2D eigenvalue weighted by molar-refractivity contribution is 7.98. The summed E-state index contributed by atoms with van der Waals surface area (Å²) in [4.78, 5) is 0.282. The van der Waals surface area contributed by atoms with Crippen LogP contribution in [0.15, 0.2) is 63.1 Å². The van der Waals surface area contributed by atoms with E-state index in [0.29, 0.717) is 48.2 Å². The van der Waals surface area contributed by atoms with E-state index < -0.39 is 10.0 Å². The van der Waals surface area contributed by atoms with E-state index in [4.69, 9.17) is 20.8 Å². The molecule has 10 heteroatoms. The predicted octanol–water partition coefficient (Wildman–Crippen LogP) is 3.70. The molecule has 2 aromatic carbocycles. The van der Waals surface area contributed by atoms with Crippen LogP contribution in [0.1, 0.15) is 5.56 Å². The van der Waals surface area contributed by atoms with Gasteiger partial charge < -0.3 is 9.15 Å². The van der Waals surface area contributed by atoms with Gasteiger partial charge in [0.15, 0.2) is 0 Å². The Morgan fingerprint density at radius 3 is 2.59 bits per heavy atom. The maximum atomic E-state index is 12.8. The lowest BCUT2D eigenvalue weighted by atomic mass is 10.2. The maximum absolute atomic E-state index is 12.8. The van der Waals surface area contributed by atoms with Gasteiger partial charge >= 0.3 is 0 Å². The average molecular weight is 452 g/mol. The Hall–Kier alpha value is -1.91. The smallest absolute Gasteiger partial charge is 0.277 e. The molecule has 0 spiro atoms. The SMILES string of the molecule is O=S(=O)(c1cccc(CSc2nnc(-c3ccc(Cl)cc3)o2)c1)N1CCOCC1. The van der Waals surface area contributed by atoms with Gasteiger partial charge in [-0.25, -0.2) is 8.42 Å². The summed E-state index contributed by atoms with van der Waals surface area (Å²) >= 11 is 7.25. The summed E-state index contributed by atoms with van der Waals surface area (Å²) in [6, 6.07) is 14.1. The van der Waals surface area contributed by atoms with Crippen molar-refractivity contribution >= 4 is 33.4 Å². The van der Waals surface area contributed by atoms with E-state index in [1.54, 1.807) is 30.3 Å². The second kappa shape index (κ2) is 8.85. The van der Waals surface area contributed by atoms with Crippen molar-refractivity contribution in [3.05, 3.63) is 59.1 Å². The Morgan fingerprint density at radius 2 is 1.83 bits per heavy atom. The zero-order chi connectivity index (χ0) is 20.3. The van der Waals surface area contributed by atoms with Gasteiger partial charge in [0.05, 0.1) is 18.1 Å². The van der Waals surface area contributed by atoms with Crippen LogP contribution in [0.2, 0.25) is 5.02 Å². The number of rotatable bonds is 6. The molecule has 0 aliphatic carbocycles. The van der Waals surface area contributed by atoms with Gasteiger partial charge in [0.1, 0.15) is 0 Å². The van der Waals surface area contributed by atoms with Crippen LogP contribution in [-0.4, -0.2) is 49.2 Å². The van der Waals surface area contributed by atoms with Crippen molar-refractivity contribution in [2.24, 2.45) is 0 Å². The molecule has 0 radical (unpaired) electrons. The molecule has 1 aliphatic heterocycles. The number of nitrogens with zero attached hydrogens (tertiary/aromatic N) is 3. The molecule has 0 amide bonds. The molecule has 29 heavy (non-hydrogen) atoms. The fourth-order valence-corrected chi connectivity index (χ4v) is 5.16. The summed E-state index contributed by atoms with van der Waals surface area (Å²) in [6.45, 7) is 1.58. The number of benzene rings is 2. The van der Waals surface area contributed by atoms with E-state index >= 15 is 0 Å². The molecule has 0 bridgehead atoms. The van der Waals surface area contributed by atoms with E-state index in [1.807, 2.05) is 18.2 Å². The fraction of sp³-hybridized carbons (Fsp3) is 0.263. The number of halogens is 1. The molecule has 2 heterocycles. The van der Waals surface area contributed by atoms with Crippen LogP contribution >= 0.6 is 23.4 Å². The quantitative estimate of drug-likeness (QED) is 0.528. The third kappa shape index (κ3) is 4.81. The lowest BCUT2D eigenvalue weighted by Crippen LogP contribution is -2.40.